The van der Waals surface area contributed by atoms with E-state index in [1.165, 1.54) is 12.1 Å². The first-order valence-corrected chi connectivity index (χ1v) is 7.04. The number of carbonyl (C=O) groups is 1. The van der Waals surface area contributed by atoms with Gasteiger partial charge in [-0.3, -0.25) is 0 Å². The summed E-state index contributed by atoms with van der Waals surface area (Å²) in [6.07, 6.45) is 3.06. The smallest absolute Gasteiger partial charge is 0.504 e. The van der Waals surface area contributed by atoms with E-state index >= 15 is 0 Å². The molecule has 0 saturated heterocycles. The van der Waals surface area contributed by atoms with Gasteiger partial charge in [0.2, 0.25) is 0 Å². The number of rotatable bonds is 9. The first kappa shape index (κ1) is 17.1. The van der Waals surface area contributed by atoms with Crippen molar-refractivity contribution in [2.45, 2.75) is 32.1 Å². The van der Waals surface area contributed by atoms with E-state index in [9.17, 15) is 9.90 Å². The Bertz CT molecular complexity index is 432. The second-order valence-corrected chi connectivity index (χ2v) is 4.66. The van der Waals surface area contributed by atoms with Gasteiger partial charge in [-0.2, -0.15) is 0 Å². The minimum Gasteiger partial charge on any atom is -0.504 e. The molecule has 6 heteroatoms. The number of benzene rings is 1. The van der Waals surface area contributed by atoms with Crippen LogP contribution in [0.1, 0.15) is 31.2 Å². The van der Waals surface area contributed by atoms with Crippen molar-refractivity contribution in [3.05, 3.63) is 23.8 Å². The van der Waals surface area contributed by atoms with Crippen LogP contribution in [0.4, 0.5) is 4.79 Å². The first-order valence-electron chi connectivity index (χ1n) is 7.04. The Hall–Kier alpha value is -1.95. The molecule has 21 heavy (non-hydrogen) atoms. The van der Waals surface area contributed by atoms with Crippen LogP contribution in [0.15, 0.2) is 18.2 Å². The second kappa shape index (κ2) is 9.88. The molecule has 118 valence electrons. The molecular weight excluding hydrogens is 276 g/mol. The maximum Gasteiger partial charge on any atom is 0.508 e. The summed E-state index contributed by atoms with van der Waals surface area (Å²) in [5, 5.41) is 27.1. The molecule has 0 atom stereocenters. The summed E-state index contributed by atoms with van der Waals surface area (Å²) < 4.78 is 9.79. The summed E-state index contributed by atoms with van der Waals surface area (Å²) >= 11 is 0. The predicted molar refractivity (Wildman–Crippen MR) is 76.3 cm³/mol. The van der Waals surface area contributed by atoms with Gasteiger partial charge in [-0.15, -0.1) is 0 Å². The van der Waals surface area contributed by atoms with Crippen molar-refractivity contribution >= 4 is 6.16 Å². The topological polar surface area (TPSA) is 96.2 Å². The van der Waals surface area contributed by atoms with Crippen LogP contribution >= 0.6 is 0 Å². The number of hydrogen-bond acceptors (Lipinski definition) is 6. The summed E-state index contributed by atoms with van der Waals surface area (Å²) in [4.78, 5) is 11.3. The van der Waals surface area contributed by atoms with E-state index in [1.807, 2.05) is 0 Å². The van der Waals surface area contributed by atoms with Crippen molar-refractivity contribution in [3.8, 4) is 11.5 Å². The number of aromatic hydroxyl groups is 2. The third-order valence-corrected chi connectivity index (χ3v) is 2.92. The van der Waals surface area contributed by atoms with E-state index < -0.39 is 6.16 Å². The van der Waals surface area contributed by atoms with Crippen LogP contribution in [0.5, 0.6) is 11.5 Å². The lowest BCUT2D eigenvalue weighted by molar-refractivity contribution is 0.0548. The molecule has 0 fully saturated rings. The molecule has 0 bridgehead atoms. The molecule has 0 aliphatic heterocycles. The summed E-state index contributed by atoms with van der Waals surface area (Å²) in [6.45, 7) is 0.646. The Morgan fingerprint density at radius 1 is 0.952 bits per heavy atom. The lowest BCUT2D eigenvalue weighted by Crippen LogP contribution is -2.10. The van der Waals surface area contributed by atoms with Crippen LogP contribution in [0, 0.1) is 0 Å². The molecule has 0 aromatic heterocycles. The zero-order valence-electron chi connectivity index (χ0n) is 12.0. The normalized spacial score (nSPS) is 10.3. The van der Waals surface area contributed by atoms with Crippen molar-refractivity contribution < 1.29 is 29.6 Å². The van der Waals surface area contributed by atoms with Gasteiger partial charge in [-0.1, -0.05) is 12.5 Å². The van der Waals surface area contributed by atoms with E-state index in [1.54, 1.807) is 6.07 Å². The highest BCUT2D eigenvalue weighted by molar-refractivity contribution is 5.59. The zero-order chi connectivity index (χ0) is 15.5. The Kier molecular flexibility index (Phi) is 8.04. The fourth-order valence-corrected chi connectivity index (χ4v) is 1.74. The van der Waals surface area contributed by atoms with Gasteiger partial charge in [-0.05, 0) is 37.0 Å². The molecule has 0 spiro atoms. The predicted octanol–water partition coefficient (Wildman–Crippen LogP) is 2.35. The van der Waals surface area contributed by atoms with Gasteiger partial charge < -0.3 is 24.8 Å². The van der Waals surface area contributed by atoms with Crippen molar-refractivity contribution in [3.63, 3.8) is 0 Å². The molecular formula is C15H22O6. The average Bonchev–Trinajstić information content (AvgIpc) is 2.46. The van der Waals surface area contributed by atoms with Gasteiger partial charge in [0.05, 0.1) is 13.2 Å². The Balaban J connectivity index is 2.09. The van der Waals surface area contributed by atoms with Crippen molar-refractivity contribution in [2.75, 3.05) is 19.8 Å². The summed E-state index contributed by atoms with van der Waals surface area (Å²) in [6, 6.07) is 4.45. The quantitative estimate of drug-likeness (QED) is 0.368. The number of phenolic OH excluding ortho intramolecular Hbond substituents is 2. The van der Waals surface area contributed by atoms with Crippen LogP contribution in [0.2, 0.25) is 0 Å². The average molecular weight is 298 g/mol. The molecule has 0 radical (unpaired) electrons. The summed E-state index contributed by atoms with van der Waals surface area (Å²) in [5.74, 6) is -0.377. The number of ether oxygens (including phenoxy) is 2. The number of aliphatic hydroxyl groups is 1. The molecule has 0 aliphatic carbocycles. The van der Waals surface area contributed by atoms with E-state index in [2.05, 4.69) is 0 Å². The highest BCUT2D eigenvalue weighted by atomic mass is 16.7. The molecule has 3 N–H and O–H groups in total. The van der Waals surface area contributed by atoms with Gasteiger partial charge in [0.1, 0.15) is 0 Å². The molecule has 0 amide bonds. The minimum atomic E-state index is -0.708. The van der Waals surface area contributed by atoms with E-state index in [0.29, 0.717) is 13.0 Å². The molecule has 0 aliphatic rings. The lowest BCUT2D eigenvalue weighted by Gasteiger charge is -2.07. The van der Waals surface area contributed by atoms with Crippen molar-refractivity contribution in [1.82, 2.24) is 0 Å². The number of hydrogen-bond donors (Lipinski definition) is 3. The van der Waals surface area contributed by atoms with Gasteiger partial charge in [0.15, 0.2) is 11.5 Å². The Labute approximate surface area is 123 Å². The molecule has 0 heterocycles. The maximum atomic E-state index is 11.3. The standard InChI is InChI=1S/C15H22O6/c16-8-3-1-2-4-9-20-15(19)21-10-7-12-5-6-13(17)14(18)11-12/h5-6,11,16-18H,1-4,7-10H2. The summed E-state index contributed by atoms with van der Waals surface area (Å²) in [7, 11) is 0. The second-order valence-electron chi connectivity index (χ2n) is 4.66. The molecule has 0 unspecified atom stereocenters. The zero-order valence-corrected chi connectivity index (χ0v) is 12.0. The van der Waals surface area contributed by atoms with Crippen LogP contribution in [0.3, 0.4) is 0 Å². The van der Waals surface area contributed by atoms with Crippen LogP contribution < -0.4 is 0 Å². The van der Waals surface area contributed by atoms with E-state index in [0.717, 1.165) is 31.2 Å². The molecule has 1 aromatic rings. The van der Waals surface area contributed by atoms with Gasteiger partial charge >= 0.3 is 6.16 Å². The SMILES string of the molecule is O=C(OCCCCCCO)OCCc1ccc(O)c(O)c1. The molecule has 6 nitrogen and oxygen atoms in total. The number of phenols is 2. The largest absolute Gasteiger partial charge is 0.508 e. The van der Waals surface area contributed by atoms with Crippen LogP contribution in [0.25, 0.3) is 0 Å². The van der Waals surface area contributed by atoms with Crippen molar-refractivity contribution in [2.24, 2.45) is 0 Å². The highest BCUT2D eigenvalue weighted by Crippen LogP contribution is 2.24. The first-order chi connectivity index (χ1) is 10.1. The number of carbonyl (C=O) groups excluding carboxylic acids is 1. The highest BCUT2D eigenvalue weighted by Gasteiger charge is 2.05. The molecule has 1 rings (SSSR count). The number of aliphatic hydroxyl groups excluding tert-OH is 1. The fraction of sp³-hybridized carbons (Fsp3) is 0.533. The third kappa shape index (κ3) is 7.41. The molecule has 1 aromatic carbocycles. The summed E-state index contributed by atoms with van der Waals surface area (Å²) in [5.41, 5.74) is 0.752. The van der Waals surface area contributed by atoms with Gasteiger partial charge in [-0.25, -0.2) is 4.79 Å². The minimum absolute atomic E-state index is 0.146. The molecule has 0 saturated carbocycles. The van der Waals surface area contributed by atoms with Crippen molar-refractivity contribution in [1.29, 1.82) is 0 Å². The van der Waals surface area contributed by atoms with Gasteiger partial charge in [0.25, 0.3) is 0 Å². The van der Waals surface area contributed by atoms with Gasteiger partial charge in [0, 0.05) is 13.0 Å². The Morgan fingerprint density at radius 3 is 2.38 bits per heavy atom. The van der Waals surface area contributed by atoms with E-state index in [-0.39, 0.29) is 24.7 Å². The lowest BCUT2D eigenvalue weighted by atomic mass is 10.1. The maximum absolute atomic E-state index is 11.3. The van der Waals surface area contributed by atoms with Crippen LogP contribution in [-0.4, -0.2) is 41.3 Å². The monoisotopic (exact) mass is 298 g/mol. The third-order valence-electron chi connectivity index (χ3n) is 2.92. The number of unbranched alkanes of at least 4 members (excludes halogenated alkanes) is 3. The van der Waals surface area contributed by atoms with Crippen LogP contribution in [-0.2, 0) is 15.9 Å². The van der Waals surface area contributed by atoms with E-state index in [4.69, 9.17) is 19.7 Å². The Morgan fingerprint density at radius 2 is 1.67 bits per heavy atom. The fourth-order valence-electron chi connectivity index (χ4n) is 1.74.